The zero-order chi connectivity index (χ0) is 60.1. The summed E-state index contributed by atoms with van der Waals surface area (Å²) in [5, 5.41) is 20.2. The highest BCUT2D eigenvalue weighted by Crippen LogP contribution is 2.62. The zero-order valence-corrected chi connectivity index (χ0v) is 51.5. The van der Waals surface area contributed by atoms with Crippen molar-refractivity contribution >= 4 is 51.8 Å². The van der Waals surface area contributed by atoms with Crippen molar-refractivity contribution in [1.82, 2.24) is 50.2 Å². The average molecular weight is 1220 g/mol. The minimum absolute atomic E-state index is 0.00731. The second-order valence-electron chi connectivity index (χ2n) is 22.9. The summed E-state index contributed by atoms with van der Waals surface area (Å²) < 4.78 is 31.1. The Morgan fingerprint density at radius 1 is 0.802 bits per heavy atom. The van der Waals surface area contributed by atoms with E-state index in [0.29, 0.717) is 113 Å². The van der Waals surface area contributed by atoms with E-state index < -0.39 is 6.04 Å². The SMILES string of the molecule is Cc1ccc(C(C(=O)NCc2ccc(Cl)cc2)N(C(=O)CCc2ccc(OCCCCN(C)CCOCCOCCc3cn(CCOCCOC4=CCC(NC(=O)Nc5nc(CC(=O)N6CCN(C)CC6)cs5)C=C4)nn3)cc2)C23CC(C2)C3)cc1. The average Bonchev–Trinajstić information content (AvgIpc) is 0.774. The Labute approximate surface area is 514 Å². The molecule has 5 aromatic rings. The Morgan fingerprint density at radius 2 is 1.53 bits per heavy atom. The van der Waals surface area contributed by atoms with Crippen LogP contribution in [0.2, 0.25) is 5.02 Å². The largest absolute Gasteiger partial charge is 0.494 e. The summed E-state index contributed by atoms with van der Waals surface area (Å²) >= 11 is 7.41. The third kappa shape index (κ3) is 19.4. The van der Waals surface area contributed by atoms with Crippen molar-refractivity contribution in [2.24, 2.45) is 5.92 Å². The predicted molar refractivity (Wildman–Crippen MR) is 331 cm³/mol. The molecule has 462 valence electrons. The third-order valence-corrected chi connectivity index (χ3v) is 17.3. The Morgan fingerprint density at radius 3 is 2.27 bits per heavy atom. The van der Waals surface area contributed by atoms with E-state index in [2.05, 4.69) is 55.1 Å². The minimum atomic E-state index is -0.715. The molecule has 10 rings (SSSR count). The number of likely N-dealkylation sites (N-methyl/N-ethyl adjacent to an activating group) is 2. The van der Waals surface area contributed by atoms with Gasteiger partial charge in [0.25, 0.3) is 0 Å². The van der Waals surface area contributed by atoms with Gasteiger partial charge in [-0.05, 0) is 132 Å². The van der Waals surface area contributed by atoms with Crippen LogP contribution in [0.3, 0.4) is 0 Å². The number of hydrogen-bond donors (Lipinski definition) is 3. The highest BCUT2D eigenvalue weighted by Gasteiger charge is 2.63. The number of piperazine rings is 1. The second kappa shape index (κ2) is 32.3. The van der Waals surface area contributed by atoms with E-state index in [1.54, 1.807) is 4.68 Å². The van der Waals surface area contributed by atoms with Gasteiger partial charge in [0.15, 0.2) is 5.13 Å². The van der Waals surface area contributed by atoms with Gasteiger partial charge in [-0.25, -0.2) is 14.5 Å². The van der Waals surface area contributed by atoms with Gasteiger partial charge in [-0.1, -0.05) is 77.0 Å². The van der Waals surface area contributed by atoms with Gasteiger partial charge < -0.3 is 53.9 Å². The number of anilines is 1. The highest BCUT2D eigenvalue weighted by atomic mass is 35.5. The summed E-state index contributed by atoms with van der Waals surface area (Å²) in [6, 6.07) is 22.2. The Hall–Kier alpha value is -6.72. The number of halogens is 1. The van der Waals surface area contributed by atoms with E-state index in [4.69, 9.17) is 35.3 Å². The molecule has 3 aromatic carbocycles. The summed E-state index contributed by atoms with van der Waals surface area (Å²) in [5.41, 5.74) is 5.17. The number of carbonyl (C=O) groups excluding carboxylic acids is 4. The minimum Gasteiger partial charge on any atom is -0.494 e. The lowest BCUT2D eigenvalue weighted by Crippen LogP contribution is -2.71. The van der Waals surface area contributed by atoms with Gasteiger partial charge >= 0.3 is 6.03 Å². The zero-order valence-electron chi connectivity index (χ0n) is 50.0. The van der Waals surface area contributed by atoms with Crippen LogP contribution >= 0.6 is 22.9 Å². The molecule has 0 radical (unpaired) electrons. The van der Waals surface area contributed by atoms with Crippen molar-refractivity contribution in [2.75, 3.05) is 112 Å². The molecule has 5 aliphatic rings. The summed E-state index contributed by atoms with van der Waals surface area (Å²) in [4.78, 5) is 66.5. The number of amides is 5. The van der Waals surface area contributed by atoms with Gasteiger partial charge in [-0.2, -0.15) is 0 Å². The van der Waals surface area contributed by atoms with Crippen LogP contribution in [-0.4, -0.2) is 181 Å². The van der Waals surface area contributed by atoms with Crippen LogP contribution in [0.4, 0.5) is 9.93 Å². The van der Waals surface area contributed by atoms with E-state index in [1.165, 1.54) is 11.3 Å². The van der Waals surface area contributed by atoms with E-state index >= 15 is 0 Å². The van der Waals surface area contributed by atoms with Gasteiger partial charge in [-0.15, -0.1) is 16.4 Å². The van der Waals surface area contributed by atoms with Gasteiger partial charge in [0.1, 0.15) is 24.2 Å². The smallest absolute Gasteiger partial charge is 0.321 e. The first-order valence-electron chi connectivity index (χ1n) is 30.3. The number of ether oxygens (including phenoxy) is 5. The molecule has 2 unspecified atom stereocenters. The lowest BCUT2D eigenvalue weighted by molar-refractivity contribution is -0.185. The number of nitrogens with zero attached hydrogens (tertiary/aromatic N) is 8. The number of hydrogen-bond acceptors (Lipinski definition) is 15. The van der Waals surface area contributed by atoms with Crippen LogP contribution in [0, 0.1) is 12.8 Å². The first kappa shape index (κ1) is 63.8. The van der Waals surface area contributed by atoms with Crippen molar-refractivity contribution in [3.63, 3.8) is 0 Å². The summed E-state index contributed by atoms with van der Waals surface area (Å²) in [5.74, 6) is 2.06. The van der Waals surface area contributed by atoms with Gasteiger partial charge in [0.05, 0.1) is 76.6 Å². The molecule has 3 N–H and O–H groups in total. The molecule has 2 aromatic heterocycles. The van der Waals surface area contributed by atoms with Crippen molar-refractivity contribution < 1.29 is 42.9 Å². The van der Waals surface area contributed by atoms with Crippen molar-refractivity contribution in [3.8, 4) is 5.75 Å². The molecule has 22 heteroatoms. The van der Waals surface area contributed by atoms with Crippen molar-refractivity contribution in [1.29, 1.82) is 0 Å². The van der Waals surface area contributed by atoms with E-state index in [0.717, 1.165) is 111 Å². The van der Waals surface area contributed by atoms with Crippen molar-refractivity contribution in [3.05, 3.63) is 147 Å². The van der Waals surface area contributed by atoms with Crippen LogP contribution in [-0.2, 0) is 65.7 Å². The van der Waals surface area contributed by atoms with Gasteiger partial charge in [0.2, 0.25) is 17.7 Å². The molecular weight excluding hydrogens is 1130 g/mol. The third-order valence-electron chi connectivity index (χ3n) is 16.2. The maximum atomic E-state index is 14.4. The second-order valence-corrected chi connectivity index (χ2v) is 24.2. The molecule has 0 spiro atoms. The fraction of sp³-hybridized carbons (Fsp3) is 0.516. The Balaban J connectivity index is 0.557. The summed E-state index contributed by atoms with van der Waals surface area (Å²) in [6.45, 7) is 11.9. The molecule has 2 bridgehead atoms. The number of aromatic nitrogens is 4. The molecule has 4 fully saturated rings. The molecule has 5 amide bonds. The number of unbranched alkanes of at least 4 members (excludes halogenated alkanes) is 1. The molecule has 3 saturated carbocycles. The number of thiazole rings is 1. The monoisotopic (exact) mass is 1220 g/mol. The van der Waals surface area contributed by atoms with Gasteiger partial charge in [0, 0.05) is 74.2 Å². The van der Waals surface area contributed by atoms with Crippen LogP contribution in [0.25, 0.3) is 0 Å². The van der Waals surface area contributed by atoms with Gasteiger partial charge in [-0.3, -0.25) is 19.7 Å². The van der Waals surface area contributed by atoms with Crippen molar-refractivity contribution in [2.45, 2.75) is 102 Å². The summed E-state index contributed by atoms with van der Waals surface area (Å²) in [6.07, 6.45) is 14.7. The number of allylic oxidation sites excluding steroid dienone is 1. The quantitative estimate of drug-likeness (QED) is 0.0331. The van der Waals surface area contributed by atoms with Crippen LogP contribution < -0.4 is 20.7 Å². The fourth-order valence-corrected chi connectivity index (χ4v) is 11.9. The topological polar surface area (TPSA) is 207 Å². The predicted octanol–water partition coefficient (Wildman–Crippen LogP) is 7.82. The first-order chi connectivity index (χ1) is 41.8. The molecule has 86 heavy (non-hydrogen) atoms. The number of benzene rings is 3. The number of rotatable bonds is 35. The number of nitrogens with one attached hydrogen (secondary N) is 3. The molecule has 1 aliphatic heterocycles. The Kier molecular flexibility index (Phi) is 24.0. The van der Waals surface area contributed by atoms with E-state index in [-0.39, 0.29) is 41.8 Å². The molecule has 1 saturated heterocycles. The maximum Gasteiger partial charge on any atom is 0.321 e. The summed E-state index contributed by atoms with van der Waals surface area (Å²) in [7, 11) is 4.16. The molecule has 3 heterocycles. The lowest BCUT2D eigenvalue weighted by atomic mass is 9.48. The number of carbonyl (C=O) groups is 4. The Bertz CT molecular complexity index is 3010. The molecule has 2 atom stereocenters. The van der Waals surface area contributed by atoms with Crippen LogP contribution in [0.5, 0.6) is 5.75 Å². The standard InChI is InChI=1S/C64H84ClN11O9S/c1-47-6-13-51(14-7-47)60(61(79)66-44-49-8-15-52(65)16-9-49)76(64-41-50(42-64)43-64)58(77)23-12-48-10-19-56(20-11-48)84-32-5-4-25-72(2)30-34-82-37-36-81-33-24-54-45-75(71-70-54)31-35-83-38-39-85-57-21-17-53(18-22-57)67-62(80)69-63-68-55(46-86-63)40-59(78)74-28-26-73(3)27-29-74/h6-11,13-17,19-22,45-46,50,53,60H,4-5,12,18,23-44H2,1-3H3,(H,66,79)(H2,67,68,69,80). The van der Waals surface area contributed by atoms with Crippen LogP contribution in [0.1, 0.15) is 84.6 Å². The molecular formula is C64H84ClN11O9S. The molecule has 4 aliphatic carbocycles. The highest BCUT2D eigenvalue weighted by molar-refractivity contribution is 7.13. The number of urea groups is 1. The first-order valence-corrected chi connectivity index (χ1v) is 31.5. The van der Waals surface area contributed by atoms with E-state index in [9.17, 15) is 19.2 Å². The fourth-order valence-electron chi connectivity index (χ4n) is 11.0. The number of aryl methyl sites for hydroxylation is 2. The van der Waals surface area contributed by atoms with Crippen LogP contribution in [0.15, 0.2) is 108 Å². The maximum absolute atomic E-state index is 14.4. The lowest BCUT2D eigenvalue weighted by Gasteiger charge is -2.67. The normalized spacial score (nSPS) is 18.4. The molecule has 20 nitrogen and oxygen atoms in total. The van der Waals surface area contributed by atoms with E-state index in [1.807, 2.05) is 119 Å².